The van der Waals surface area contributed by atoms with Gasteiger partial charge in [0.05, 0.1) is 5.97 Å². The maximum Gasteiger partial charge on any atom is 1.00 e. The van der Waals surface area contributed by atoms with Gasteiger partial charge in [-0.3, -0.25) is 0 Å². The fourth-order valence-electron chi connectivity index (χ4n) is 1.05. The van der Waals surface area contributed by atoms with Crippen LogP contribution in [0.25, 0.3) is 0 Å². The number of hydrogen-bond acceptors (Lipinski definition) is 3. The number of carbonyl (C=O) groups is 1. The molecule has 0 aliphatic carbocycles. The van der Waals surface area contributed by atoms with Gasteiger partial charge in [-0.25, -0.2) is 0 Å². The zero-order valence-electron chi connectivity index (χ0n) is 6.22. The van der Waals surface area contributed by atoms with Crippen LogP contribution in [0.2, 0.25) is 0 Å². The Morgan fingerprint density at radius 1 is 1.50 bits per heavy atom. The largest absolute Gasteiger partial charge is 1.00 e. The summed E-state index contributed by atoms with van der Waals surface area (Å²) < 4.78 is 0. The van der Waals surface area contributed by atoms with Gasteiger partial charge in [-0.1, -0.05) is 6.42 Å². The Hall–Kier alpha value is 0.430. The normalized spacial score (nSPS) is 25.0. The summed E-state index contributed by atoms with van der Waals surface area (Å²) in [6.07, 6.45) is 2.82. The Labute approximate surface area is 82.5 Å². The van der Waals surface area contributed by atoms with Gasteiger partial charge in [0.1, 0.15) is 0 Å². The van der Waals surface area contributed by atoms with E-state index in [2.05, 4.69) is 5.32 Å². The van der Waals surface area contributed by atoms with Crippen molar-refractivity contribution in [2.24, 2.45) is 0 Å². The van der Waals surface area contributed by atoms with Crippen LogP contribution in [0.1, 0.15) is 19.3 Å². The average molecular weight is 151 g/mol. The van der Waals surface area contributed by atoms with E-state index in [0.717, 1.165) is 25.8 Å². The second kappa shape index (κ2) is 5.13. The summed E-state index contributed by atoms with van der Waals surface area (Å²) in [5.74, 6) is -0.963. The molecule has 1 unspecified atom stereocenters. The molecule has 0 aromatic heterocycles. The summed E-state index contributed by atoms with van der Waals surface area (Å²) in [5.41, 5.74) is 0. The van der Waals surface area contributed by atoms with Crippen LogP contribution in [0.4, 0.5) is 0 Å². The third kappa shape index (κ3) is 3.01. The van der Waals surface area contributed by atoms with E-state index in [-0.39, 0.29) is 29.6 Å². The van der Waals surface area contributed by atoms with Crippen molar-refractivity contribution in [2.75, 3.05) is 6.54 Å². The van der Waals surface area contributed by atoms with Gasteiger partial charge in [-0.05, 0) is 19.4 Å². The van der Waals surface area contributed by atoms with Crippen LogP contribution < -0.4 is 40.0 Å². The standard InChI is InChI=1S/C6H11NO2.Na/c8-6(9)5-3-1-2-4-7-5;/h5,7H,1-4H2,(H,8,9);/q;+1/p-1. The first-order valence-corrected chi connectivity index (χ1v) is 3.25. The number of aliphatic carboxylic acids is 1. The molecule has 0 bridgehead atoms. The van der Waals surface area contributed by atoms with Crippen LogP contribution in [0.5, 0.6) is 0 Å². The van der Waals surface area contributed by atoms with Crippen molar-refractivity contribution in [3.63, 3.8) is 0 Å². The molecule has 0 aromatic carbocycles. The monoisotopic (exact) mass is 151 g/mol. The summed E-state index contributed by atoms with van der Waals surface area (Å²) in [6.45, 7) is 0.818. The van der Waals surface area contributed by atoms with Crippen LogP contribution in [0.15, 0.2) is 0 Å². The number of carbonyl (C=O) groups excluding carboxylic acids is 1. The van der Waals surface area contributed by atoms with Crippen molar-refractivity contribution in [1.82, 2.24) is 5.32 Å². The van der Waals surface area contributed by atoms with E-state index in [1.165, 1.54) is 0 Å². The topological polar surface area (TPSA) is 52.2 Å². The maximum absolute atomic E-state index is 10.2. The molecule has 0 saturated carbocycles. The molecule has 0 aromatic rings. The number of rotatable bonds is 1. The summed E-state index contributed by atoms with van der Waals surface area (Å²) in [5, 5.41) is 13.0. The van der Waals surface area contributed by atoms with Crippen LogP contribution in [-0.4, -0.2) is 18.6 Å². The average Bonchev–Trinajstić information content (AvgIpc) is 1.90. The van der Waals surface area contributed by atoms with E-state index < -0.39 is 12.0 Å². The summed E-state index contributed by atoms with van der Waals surface area (Å²) in [4.78, 5) is 10.2. The minimum Gasteiger partial charge on any atom is -0.548 e. The van der Waals surface area contributed by atoms with Crippen molar-refractivity contribution in [3.8, 4) is 0 Å². The minimum atomic E-state index is -0.963. The van der Waals surface area contributed by atoms with Crippen LogP contribution in [0.3, 0.4) is 0 Å². The number of carboxylic acids is 1. The Kier molecular flexibility index (Phi) is 5.35. The van der Waals surface area contributed by atoms with Crippen molar-refractivity contribution in [2.45, 2.75) is 25.3 Å². The minimum absolute atomic E-state index is 0. The zero-order valence-corrected chi connectivity index (χ0v) is 8.22. The molecule has 10 heavy (non-hydrogen) atoms. The van der Waals surface area contributed by atoms with E-state index in [1.54, 1.807) is 0 Å². The van der Waals surface area contributed by atoms with E-state index in [1.807, 2.05) is 0 Å². The molecule has 52 valence electrons. The van der Waals surface area contributed by atoms with Crippen molar-refractivity contribution >= 4 is 5.97 Å². The molecule has 1 rings (SSSR count). The van der Waals surface area contributed by atoms with Crippen molar-refractivity contribution in [3.05, 3.63) is 0 Å². The molecular weight excluding hydrogens is 141 g/mol. The van der Waals surface area contributed by atoms with Gasteiger partial charge >= 0.3 is 29.6 Å². The fraction of sp³-hybridized carbons (Fsp3) is 0.833. The van der Waals surface area contributed by atoms with Gasteiger partial charge in [0, 0.05) is 6.04 Å². The number of carboxylic acid groups (broad SMARTS) is 1. The number of nitrogens with one attached hydrogen (secondary N) is 1. The Morgan fingerprint density at radius 3 is 2.50 bits per heavy atom. The predicted octanol–water partition coefficient (Wildman–Crippen LogP) is -4.12. The van der Waals surface area contributed by atoms with Crippen molar-refractivity contribution < 1.29 is 39.5 Å². The third-order valence-corrected chi connectivity index (χ3v) is 1.59. The van der Waals surface area contributed by atoms with E-state index >= 15 is 0 Å². The zero-order chi connectivity index (χ0) is 6.69. The molecule has 4 heteroatoms. The maximum atomic E-state index is 10.2. The predicted molar refractivity (Wildman–Crippen MR) is 30.6 cm³/mol. The Morgan fingerprint density at radius 2 is 2.20 bits per heavy atom. The fourth-order valence-corrected chi connectivity index (χ4v) is 1.05. The molecule has 1 fully saturated rings. The van der Waals surface area contributed by atoms with E-state index in [0.29, 0.717) is 0 Å². The number of hydrogen-bond donors (Lipinski definition) is 1. The first-order valence-electron chi connectivity index (χ1n) is 3.25. The quantitative estimate of drug-likeness (QED) is 0.387. The molecule has 1 saturated heterocycles. The first-order chi connectivity index (χ1) is 4.30. The van der Waals surface area contributed by atoms with Gasteiger partial charge in [0.15, 0.2) is 0 Å². The summed E-state index contributed by atoms with van der Waals surface area (Å²) in [7, 11) is 0. The van der Waals surface area contributed by atoms with Crippen LogP contribution in [-0.2, 0) is 4.79 Å². The number of piperidine rings is 1. The molecule has 0 spiro atoms. The Balaban J connectivity index is 0.000000810. The first kappa shape index (κ1) is 10.4. The molecular formula is C6H10NNaO2. The second-order valence-electron chi connectivity index (χ2n) is 2.32. The molecule has 0 radical (unpaired) electrons. The summed E-state index contributed by atoms with van der Waals surface area (Å²) in [6, 6.07) is -0.390. The molecule has 1 aliphatic rings. The van der Waals surface area contributed by atoms with Gasteiger partial charge in [-0.15, -0.1) is 0 Å². The smallest absolute Gasteiger partial charge is 0.548 e. The molecule has 0 amide bonds. The van der Waals surface area contributed by atoms with Gasteiger partial charge in [-0.2, -0.15) is 0 Å². The molecule has 1 aliphatic heterocycles. The van der Waals surface area contributed by atoms with Crippen LogP contribution >= 0.6 is 0 Å². The van der Waals surface area contributed by atoms with E-state index in [9.17, 15) is 9.90 Å². The molecule has 1 heterocycles. The molecule has 3 nitrogen and oxygen atoms in total. The van der Waals surface area contributed by atoms with Crippen molar-refractivity contribution in [1.29, 1.82) is 0 Å². The SMILES string of the molecule is O=C([O-])C1CCCCN1.[Na+]. The van der Waals surface area contributed by atoms with Gasteiger partial charge < -0.3 is 15.2 Å². The van der Waals surface area contributed by atoms with Crippen LogP contribution in [0, 0.1) is 0 Å². The Bertz CT molecular complexity index is 112. The summed E-state index contributed by atoms with van der Waals surface area (Å²) >= 11 is 0. The van der Waals surface area contributed by atoms with Gasteiger partial charge in [0.25, 0.3) is 0 Å². The molecule has 1 N–H and O–H groups in total. The molecule has 1 atom stereocenters. The van der Waals surface area contributed by atoms with Gasteiger partial charge in [0.2, 0.25) is 0 Å². The third-order valence-electron chi connectivity index (χ3n) is 1.59. The second-order valence-corrected chi connectivity index (χ2v) is 2.32. The van der Waals surface area contributed by atoms with E-state index in [4.69, 9.17) is 0 Å².